The molecular weight excluding hydrogens is 462 g/mol. The molecule has 1 N–H and O–H groups in total. The predicted octanol–water partition coefficient (Wildman–Crippen LogP) is 4.60. The van der Waals surface area contributed by atoms with E-state index in [0.29, 0.717) is 25.3 Å². The van der Waals surface area contributed by atoms with Gasteiger partial charge in [-0.05, 0) is 23.6 Å². The highest BCUT2D eigenvalue weighted by Crippen LogP contribution is 2.20. The minimum Gasteiger partial charge on any atom is -0.355 e. The fraction of sp³-hybridized carbons (Fsp3) is 0.259. The number of amides is 2. The Morgan fingerprint density at radius 3 is 2.09 bits per heavy atom. The summed E-state index contributed by atoms with van der Waals surface area (Å²) >= 11 is 1.42. The molecule has 0 aromatic heterocycles. The molecule has 3 aromatic carbocycles. The maximum absolute atomic E-state index is 13.5. The van der Waals surface area contributed by atoms with Crippen molar-refractivity contribution in [3.05, 3.63) is 112 Å². The number of nitro benzene ring substituents is 1. The highest BCUT2D eigenvalue weighted by Gasteiger charge is 2.30. The molecule has 0 aliphatic carbocycles. The van der Waals surface area contributed by atoms with Gasteiger partial charge in [-0.1, -0.05) is 72.8 Å². The Kier molecular flexibility index (Phi) is 9.86. The maximum Gasteiger partial charge on any atom is 0.269 e. The number of carbonyl (C=O) groups is 2. The second-order valence-electron chi connectivity index (χ2n) is 8.02. The molecule has 7 nitrogen and oxygen atoms in total. The minimum atomic E-state index is -0.648. The Morgan fingerprint density at radius 2 is 1.51 bits per heavy atom. The minimum absolute atomic E-state index is 0.0366. The lowest BCUT2D eigenvalue weighted by Gasteiger charge is -2.31. The summed E-state index contributed by atoms with van der Waals surface area (Å²) in [4.78, 5) is 38.6. The summed E-state index contributed by atoms with van der Waals surface area (Å²) in [6, 6.07) is 25.0. The summed E-state index contributed by atoms with van der Waals surface area (Å²) < 4.78 is 0. The molecule has 0 heterocycles. The first-order chi connectivity index (χ1) is 17.0. The summed E-state index contributed by atoms with van der Waals surface area (Å²) in [6.45, 7) is 2.67. The quantitative estimate of drug-likeness (QED) is 0.295. The largest absolute Gasteiger partial charge is 0.355 e. The van der Waals surface area contributed by atoms with Gasteiger partial charge in [-0.3, -0.25) is 19.7 Å². The molecule has 0 bridgehead atoms. The van der Waals surface area contributed by atoms with Gasteiger partial charge in [-0.2, -0.15) is 0 Å². The van der Waals surface area contributed by atoms with E-state index in [2.05, 4.69) is 5.32 Å². The van der Waals surface area contributed by atoms with Crippen LogP contribution in [0.25, 0.3) is 0 Å². The lowest BCUT2D eigenvalue weighted by molar-refractivity contribution is -0.384. The first-order valence-corrected chi connectivity index (χ1v) is 12.6. The Hall–Kier alpha value is -3.65. The van der Waals surface area contributed by atoms with Crippen molar-refractivity contribution in [2.24, 2.45) is 0 Å². The number of nitro groups is 1. The second-order valence-corrected chi connectivity index (χ2v) is 9.01. The molecule has 3 rings (SSSR count). The van der Waals surface area contributed by atoms with Crippen LogP contribution in [0.5, 0.6) is 0 Å². The molecule has 1 atom stereocenters. The van der Waals surface area contributed by atoms with Gasteiger partial charge in [-0.15, -0.1) is 11.8 Å². The van der Waals surface area contributed by atoms with Crippen LogP contribution in [0, 0.1) is 10.1 Å². The number of hydrogen-bond acceptors (Lipinski definition) is 5. The monoisotopic (exact) mass is 491 g/mol. The van der Waals surface area contributed by atoms with Crippen molar-refractivity contribution in [1.82, 2.24) is 10.2 Å². The maximum atomic E-state index is 13.5. The first kappa shape index (κ1) is 26.0. The topological polar surface area (TPSA) is 92.6 Å². The van der Waals surface area contributed by atoms with Crippen LogP contribution in [0.1, 0.15) is 23.6 Å². The first-order valence-electron chi connectivity index (χ1n) is 11.4. The molecule has 3 aromatic rings. The summed E-state index contributed by atoms with van der Waals surface area (Å²) in [5.74, 6) is 0.413. The van der Waals surface area contributed by atoms with Gasteiger partial charge in [0.1, 0.15) is 6.04 Å². The number of thioether (sulfide) groups is 1. The number of likely N-dealkylation sites (N-methyl/N-ethyl adjacent to an activating group) is 1. The van der Waals surface area contributed by atoms with Crippen molar-refractivity contribution >= 4 is 29.3 Å². The number of non-ortho nitro benzene ring substituents is 1. The molecule has 0 spiro atoms. The highest BCUT2D eigenvalue weighted by molar-refractivity contribution is 7.99. The third-order valence-electron chi connectivity index (χ3n) is 5.46. The predicted molar refractivity (Wildman–Crippen MR) is 139 cm³/mol. The van der Waals surface area contributed by atoms with Crippen LogP contribution in [-0.4, -0.2) is 40.0 Å². The van der Waals surface area contributed by atoms with E-state index in [9.17, 15) is 19.7 Å². The molecule has 0 saturated carbocycles. The number of hydrogen-bond donors (Lipinski definition) is 1. The third kappa shape index (κ3) is 7.96. The molecule has 35 heavy (non-hydrogen) atoms. The highest BCUT2D eigenvalue weighted by atomic mass is 32.2. The van der Waals surface area contributed by atoms with Gasteiger partial charge in [0.2, 0.25) is 11.8 Å². The zero-order chi connectivity index (χ0) is 25.0. The molecule has 182 valence electrons. The molecular formula is C27H29N3O4S. The Morgan fingerprint density at radius 1 is 0.914 bits per heavy atom. The SMILES string of the molecule is CCNC(=O)C(Cc1ccccc1)N(Cc1ccccc1)C(=O)CSCc1ccc([N+](=O)[O-])cc1. The summed E-state index contributed by atoms with van der Waals surface area (Å²) in [6.07, 6.45) is 0.415. The number of rotatable bonds is 12. The third-order valence-corrected chi connectivity index (χ3v) is 6.45. The van der Waals surface area contributed by atoms with Gasteiger partial charge in [-0.25, -0.2) is 0 Å². The van der Waals surface area contributed by atoms with E-state index in [1.807, 2.05) is 67.6 Å². The van der Waals surface area contributed by atoms with Crippen LogP contribution in [0.3, 0.4) is 0 Å². The summed E-state index contributed by atoms with van der Waals surface area (Å²) in [7, 11) is 0. The van der Waals surface area contributed by atoms with Crippen molar-refractivity contribution in [2.75, 3.05) is 12.3 Å². The number of nitrogens with zero attached hydrogens (tertiary/aromatic N) is 2. The normalized spacial score (nSPS) is 11.5. The van der Waals surface area contributed by atoms with Crippen LogP contribution >= 0.6 is 11.8 Å². The van der Waals surface area contributed by atoms with Crippen molar-refractivity contribution in [3.8, 4) is 0 Å². The fourth-order valence-electron chi connectivity index (χ4n) is 3.68. The average molecular weight is 492 g/mol. The van der Waals surface area contributed by atoms with Gasteiger partial charge in [0.25, 0.3) is 5.69 Å². The fourth-order valence-corrected chi connectivity index (χ4v) is 4.55. The lowest BCUT2D eigenvalue weighted by Crippen LogP contribution is -2.51. The van der Waals surface area contributed by atoms with Crippen molar-refractivity contribution in [2.45, 2.75) is 31.7 Å². The van der Waals surface area contributed by atoms with E-state index < -0.39 is 11.0 Å². The summed E-state index contributed by atoms with van der Waals surface area (Å²) in [5, 5.41) is 13.7. The number of nitrogens with one attached hydrogen (secondary N) is 1. The molecule has 2 amide bonds. The van der Waals surface area contributed by atoms with Crippen molar-refractivity contribution < 1.29 is 14.5 Å². The van der Waals surface area contributed by atoms with E-state index >= 15 is 0 Å². The van der Waals surface area contributed by atoms with E-state index in [0.717, 1.165) is 16.7 Å². The van der Waals surface area contributed by atoms with E-state index in [1.165, 1.54) is 23.9 Å². The standard InChI is InChI=1S/C27H29N3O4S/c1-2-28-27(32)25(17-21-9-5-3-6-10-21)29(18-22-11-7-4-8-12-22)26(31)20-35-19-23-13-15-24(16-14-23)30(33)34/h3-16,25H,2,17-20H2,1H3,(H,28,32). The lowest BCUT2D eigenvalue weighted by atomic mass is 10.0. The average Bonchev–Trinajstić information content (AvgIpc) is 2.87. The zero-order valence-electron chi connectivity index (χ0n) is 19.6. The van der Waals surface area contributed by atoms with Gasteiger partial charge in [0.15, 0.2) is 0 Å². The van der Waals surface area contributed by atoms with Crippen LogP contribution < -0.4 is 5.32 Å². The van der Waals surface area contributed by atoms with Gasteiger partial charge in [0.05, 0.1) is 10.7 Å². The van der Waals surface area contributed by atoms with Crippen LogP contribution in [0.15, 0.2) is 84.9 Å². The Bertz CT molecular complexity index is 1110. The van der Waals surface area contributed by atoms with Crippen LogP contribution in [0.2, 0.25) is 0 Å². The molecule has 0 saturated heterocycles. The molecule has 0 aliphatic rings. The summed E-state index contributed by atoms with van der Waals surface area (Å²) in [5.41, 5.74) is 2.86. The van der Waals surface area contributed by atoms with Crippen LogP contribution in [0.4, 0.5) is 5.69 Å². The number of benzene rings is 3. The molecule has 8 heteroatoms. The second kappa shape index (κ2) is 13.3. The molecule has 1 unspecified atom stereocenters. The smallest absolute Gasteiger partial charge is 0.269 e. The molecule has 0 aliphatic heterocycles. The van der Waals surface area contributed by atoms with Crippen LogP contribution in [-0.2, 0) is 28.3 Å². The Balaban J connectivity index is 1.77. The van der Waals surface area contributed by atoms with Gasteiger partial charge in [0, 0.05) is 37.4 Å². The Labute approximate surface area is 209 Å². The van der Waals surface area contributed by atoms with Gasteiger partial charge < -0.3 is 10.2 Å². The number of carbonyl (C=O) groups excluding carboxylic acids is 2. The molecule has 0 radical (unpaired) electrons. The molecule has 0 fully saturated rings. The van der Waals surface area contributed by atoms with E-state index in [4.69, 9.17) is 0 Å². The van der Waals surface area contributed by atoms with Crippen molar-refractivity contribution in [3.63, 3.8) is 0 Å². The van der Waals surface area contributed by atoms with Crippen molar-refractivity contribution in [1.29, 1.82) is 0 Å². The van der Waals surface area contributed by atoms with Gasteiger partial charge >= 0.3 is 0 Å². The van der Waals surface area contributed by atoms with E-state index in [-0.39, 0.29) is 23.3 Å². The van der Waals surface area contributed by atoms with E-state index in [1.54, 1.807) is 17.0 Å². The zero-order valence-corrected chi connectivity index (χ0v) is 20.4.